The van der Waals surface area contributed by atoms with Gasteiger partial charge in [-0.1, -0.05) is 0 Å². The molecule has 5 heteroatoms. The summed E-state index contributed by atoms with van der Waals surface area (Å²) in [5, 5.41) is 16.7. The first kappa shape index (κ1) is 10.7. The topological polar surface area (TPSA) is 50.1 Å². The number of likely N-dealkylation sites (N-methyl/N-ethyl adjacent to an activating group) is 1. The molecule has 0 aromatic carbocycles. The summed E-state index contributed by atoms with van der Waals surface area (Å²) in [5.74, 6) is 0. The highest BCUT2D eigenvalue weighted by atomic mass is 79.9. The van der Waals surface area contributed by atoms with Crippen LogP contribution in [0.25, 0.3) is 0 Å². The van der Waals surface area contributed by atoms with Crippen LogP contribution in [-0.2, 0) is 6.54 Å². The fourth-order valence-corrected chi connectivity index (χ4v) is 1.84. The van der Waals surface area contributed by atoms with Crippen molar-refractivity contribution in [3.05, 3.63) is 16.4 Å². The summed E-state index contributed by atoms with van der Waals surface area (Å²) in [6.07, 6.45) is 1.19. The number of nitrogens with zero attached hydrogens (tertiary/aromatic N) is 2. The highest BCUT2D eigenvalue weighted by Crippen LogP contribution is 2.22. The number of nitrogens with one attached hydrogen (secondary N) is 1. The zero-order chi connectivity index (χ0) is 9.84. The van der Waals surface area contributed by atoms with Gasteiger partial charge in [-0.3, -0.25) is 4.68 Å². The summed E-state index contributed by atoms with van der Waals surface area (Å²) >= 11 is 3.39. The van der Waals surface area contributed by atoms with Gasteiger partial charge in [-0.15, -0.1) is 0 Å². The summed E-state index contributed by atoms with van der Waals surface area (Å²) < 4.78 is 2.66. The first-order chi connectivity index (χ1) is 6.20. The molecule has 0 spiro atoms. The van der Waals surface area contributed by atoms with Crippen LogP contribution in [-0.4, -0.2) is 28.5 Å². The molecule has 1 atom stereocenters. The third-order valence-electron chi connectivity index (χ3n) is 1.86. The molecule has 0 radical (unpaired) electrons. The Morgan fingerprint density at radius 1 is 1.77 bits per heavy atom. The largest absolute Gasteiger partial charge is 0.387 e. The van der Waals surface area contributed by atoms with Gasteiger partial charge in [-0.05, 0) is 29.9 Å². The Morgan fingerprint density at radius 2 is 2.46 bits per heavy atom. The van der Waals surface area contributed by atoms with E-state index in [-0.39, 0.29) is 0 Å². The van der Waals surface area contributed by atoms with Gasteiger partial charge in [0.1, 0.15) is 4.60 Å². The molecule has 2 N–H and O–H groups in total. The third kappa shape index (κ3) is 2.30. The molecule has 0 saturated carbocycles. The molecule has 13 heavy (non-hydrogen) atoms. The Hall–Kier alpha value is -0.390. The van der Waals surface area contributed by atoms with Gasteiger partial charge in [0.05, 0.1) is 12.3 Å². The Morgan fingerprint density at radius 3 is 2.92 bits per heavy atom. The third-order valence-corrected chi connectivity index (χ3v) is 2.72. The average Bonchev–Trinajstić information content (AvgIpc) is 2.47. The van der Waals surface area contributed by atoms with Gasteiger partial charge < -0.3 is 10.4 Å². The highest BCUT2D eigenvalue weighted by molar-refractivity contribution is 9.10. The molecule has 0 aliphatic carbocycles. The van der Waals surface area contributed by atoms with E-state index < -0.39 is 6.10 Å². The molecule has 1 unspecified atom stereocenters. The minimum absolute atomic E-state index is 0.500. The molecule has 0 aliphatic heterocycles. The maximum absolute atomic E-state index is 9.66. The van der Waals surface area contributed by atoms with Crippen LogP contribution in [0.4, 0.5) is 0 Å². The van der Waals surface area contributed by atoms with Crippen molar-refractivity contribution >= 4 is 15.9 Å². The van der Waals surface area contributed by atoms with Crippen LogP contribution in [0.5, 0.6) is 0 Å². The van der Waals surface area contributed by atoms with Gasteiger partial charge in [-0.2, -0.15) is 5.10 Å². The standard InChI is InChI=1S/C8H14BrN3O/c1-3-12-8(9)6(4-11-12)7(13)5-10-2/h4,7,10,13H,3,5H2,1-2H3. The lowest BCUT2D eigenvalue weighted by molar-refractivity contribution is 0.177. The van der Waals surface area contributed by atoms with Crippen LogP contribution >= 0.6 is 15.9 Å². The Bertz CT molecular complexity index is 274. The molecular weight excluding hydrogens is 234 g/mol. The summed E-state index contributed by atoms with van der Waals surface area (Å²) in [6, 6.07) is 0. The van der Waals surface area contributed by atoms with Crippen molar-refractivity contribution in [3.63, 3.8) is 0 Å². The quantitative estimate of drug-likeness (QED) is 0.833. The number of rotatable bonds is 4. The number of aliphatic hydroxyl groups excluding tert-OH is 1. The second-order valence-electron chi connectivity index (χ2n) is 2.78. The Kier molecular flexibility index (Phi) is 3.90. The Balaban J connectivity index is 2.82. The van der Waals surface area contributed by atoms with Crippen molar-refractivity contribution in [2.45, 2.75) is 19.6 Å². The smallest absolute Gasteiger partial charge is 0.109 e. The van der Waals surface area contributed by atoms with Gasteiger partial charge in [0.15, 0.2) is 0 Å². The SMILES string of the molecule is CCn1ncc(C(O)CNC)c1Br. The molecule has 1 rings (SSSR count). The van der Waals surface area contributed by atoms with E-state index in [2.05, 4.69) is 26.3 Å². The van der Waals surface area contributed by atoms with E-state index in [4.69, 9.17) is 0 Å². The van der Waals surface area contributed by atoms with Gasteiger partial charge in [0.25, 0.3) is 0 Å². The van der Waals surface area contributed by atoms with E-state index in [1.165, 1.54) is 0 Å². The number of aliphatic hydroxyl groups is 1. The molecule has 1 aromatic heterocycles. The predicted octanol–water partition coefficient (Wildman–Crippen LogP) is 0.918. The molecule has 0 bridgehead atoms. The second-order valence-corrected chi connectivity index (χ2v) is 3.53. The van der Waals surface area contributed by atoms with Crippen LogP contribution in [0.15, 0.2) is 10.8 Å². The van der Waals surface area contributed by atoms with Crippen molar-refractivity contribution < 1.29 is 5.11 Å². The van der Waals surface area contributed by atoms with Crippen LogP contribution in [0.3, 0.4) is 0 Å². The molecule has 0 saturated heterocycles. The first-order valence-corrected chi connectivity index (χ1v) is 5.03. The van der Waals surface area contributed by atoms with E-state index in [1.54, 1.807) is 17.9 Å². The van der Waals surface area contributed by atoms with Crippen LogP contribution in [0.2, 0.25) is 0 Å². The van der Waals surface area contributed by atoms with E-state index in [0.29, 0.717) is 6.54 Å². The number of aromatic nitrogens is 2. The van der Waals surface area contributed by atoms with E-state index in [9.17, 15) is 5.11 Å². The van der Waals surface area contributed by atoms with E-state index in [0.717, 1.165) is 16.7 Å². The lowest BCUT2D eigenvalue weighted by Crippen LogP contribution is -2.16. The van der Waals surface area contributed by atoms with E-state index in [1.807, 2.05) is 6.92 Å². The minimum atomic E-state index is -0.500. The second kappa shape index (κ2) is 4.74. The van der Waals surface area contributed by atoms with Crippen molar-refractivity contribution in [2.75, 3.05) is 13.6 Å². The fourth-order valence-electron chi connectivity index (χ4n) is 1.13. The van der Waals surface area contributed by atoms with Crippen LogP contribution < -0.4 is 5.32 Å². The summed E-state index contributed by atoms with van der Waals surface area (Å²) in [7, 11) is 1.81. The summed E-state index contributed by atoms with van der Waals surface area (Å²) in [4.78, 5) is 0. The van der Waals surface area contributed by atoms with Gasteiger partial charge in [0, 0.05) is 18.7 Å². The molecule has 1 aromatic rings. The molecule has 74 valence electrons. The minimum Gasteiger partial charge on any atom is -0.387 e. The van der Waals surface area contributed by atoms with E-state index >= 15 is 0 Å². The maximum atomic E-state index is 9.66. The van der Waals surface area contributed by atoms with Crippen LogP contribution in [0, 0.1) is 0 Å². The molecule has 1 heterocycles. The lowest BCUT2D eigenvalue weighted by atomic mass is 10.2. The van der Waals surface area contributed by atoms with Crippen LogP contribution in [0.1, 0.15) is 18.6 Å². The lowest BCUT2D eigenvalue weighted by Gasteiger charge is -2.08. The van der Waals surface area contributed by atoms with Crippen molar-refractivity contribution in [1.82, 2.24) is 15.1 Å². The fraction of sp³-hybridized carbons (Fsp3) is 0.625. The summed E-state index contributed by atoms with van der Waals surface area (Å²) in [6.45, 7) is 3.34. The molecule has 0 fully saturated rings. The zero-order valence-electron chi connectivity index (χ0n) is 7.79. The van der Waals surface area contributed by atoms with Gasteiger partial charge in [-0.25, -0.2) is 0 Å². The monoisotopic (exact) mass is 247 g/mol. The molecule has 0 aliphatic rings. The normalized spacial score (nSPS) is 13.2. The zero-order valence-corrected chi connectivity index (χ0v) is 9.37. The van der Waals surface area contributed by atoms with Crippen molar-refractivity contribution in [1.29, 1.82) is 0 Å². The number of hydrogen-bond donors (Lipinski definition) is 2. The highest BCUT2D eigenvalue weighted by Gasteiger charge is 2.14. The maximum Gasteiger partial charge on any atom is 0.109 e. The van der Waals surface area contributed by atoms with Crippen molar-refractivity contribution in [3.8, 4) is 0 Å². The number of hydrogen-bond acceptors (Lipinski definition) is 3. The summed E-state index contributed by atoms with van der Waals surface area (Å²) in [5.41, 5.74) is 0.830. The van der Waals surface area contributed by atoms with Crippen molar-refractivity contribution in [2.24, 2.45) is 0 Å². The number of aryl methyl sites for hydroxylation is 1. The first-order valence-electron chi connectivity index (χ1n) is 4.24. The molecule has 0 amide bonds. The van der Waals surface area contributed by atoms with Gasteiger partial charge in [0.2, 0.25) is 0 Å². The van der Waals surface area contributed by atoms with Gasteiger partial charge >= 0.3 is 0 Å². The predicted molar refractivity (Wildman–Crippen MR) is 54.5 cm³/mol. The number of halogens is 1. The average molecular weight is 248 g/mol. The molecular formula is C8H14BrN3O. The Labute approximate surface area is 86.1 Å². The molecule has 4 nitrogen and oxygen atoms in total.